The van der Waals surface area contributed by atoms with Crippen LogP contribution in [0.5, 0.6) is 0 Å². The highest BCUT2D eigenvalue weighted by molar-refractivity contribution is 4.63. The lowest BCUT2D eigenvalue weighted by molar-refractivity contribution is 0.236. The van der Waals surface area contributed by atoms with Crippen LogP contribution < -0.4 is 5.73 Å². The first kappa shape index (κ1) is 8.92. The summed E-state index contributed by atoms with van der Waals surface area (Å²) in [4.78, 5) is 2.35. The van der Waals surface area contributed by atoms with Crippen LogP contribution in [0.4, 0.5) is 0 Å². The summed E-state index contributed by atoms with van der Waals surface area (Å²) in [6.45, 7) is 9.46. The van der Waals surface area contributed by atoms with Crippen molar-refractivity contribution >= 4 is 0 Å². The molecule has 9 heavy (non-hydrogen) atoms. The third-order valence-electron chi connectivity index (χ3n) is 1.78. The van der Waals surface area contributed by atoms with Crippen LogP contribution in [0.3, 0.4) is 0 Å². The average Bonchev–Trinajstić information content (AvgIpc) is 1.90. The molecule has 0 aromatic rings. The zero-order valence-electron chi connectivity index (χ0n) is 6.72. The highest BCUT2D eigenvalue weighted by Crippen LogP contribution is 1.94. The summed E-state index contributed by atoms with van der Waals surface area (Å²) in [7, 11) is 0. The summed E-state index contributed by atoms with van der Waals surface area (Å²) in [5.74, 6) is 0. The predicted molar refractivity (Wildman–Crippen MR) is 41.4 cm³/mol. The van der Waals surface area contributed by atoms with E-state index in [1.165, 1.54) is 0 Å². The Hall–Kier alpha value is -0.0800. The SMILES string of the molecule is CCN(CC)C(C)CN. The maximum absolute atomic E-state index is 5.48. The minimum absolute atomic E-state index is 0.542. The lowest BCUT2D eigenvalue weighted by Gasteiger charge is -2.24. The van der Waals surface area contributed by atoms with E-state index in [2.05, 4.69) is 25.7 Å². The van der Waals surface area contributed by atoms with E-state index in [0.29, 0.717) is 6.04 Å². The van der Waals surface area contributed by atoms with Gasteiger partial charge in [-0.25, -0.2) is 0 Å². The molecule has 0 aliphatic heterocycles. The Kier molecular flexibility index (Phi) is 4.72. The van der Waals surface area contributed by atoms with E-state index in [1.54, 1.807) is 0 Å². The van der Waals surface area contributed by atoms with Gasteiger partial charge >= 0.3 is 0 Å². The molecule has 0 aliphatic rings. The van der Waals surface area contributed by atoms with Gasteiger partial charge < -0.3 is 5.73 Å². The molecule has 0 aliphatic carbocycles. The highest BCUT2D eigenvalue weighted by atomic mass is 15.1. The van der Waals surface area contributed by atoms with E-state index in [4.69, 9.17) is 5.73 Å². The average molecular weight is 130 g/mol. The van der Waals surface area contributed by atoms with Crippen molar-refractivity contribution in [2.24, 2.45) is 5.73 Å². The van der Waals surface area contributed by atoms with E-state index in [9.17, 15) is 0 Å². The van der Waals surface area contributed by atoms with Gasteiger partial charge in [-0.3, -0.25) is 4.90 Å². The van der Waals surface area contributed by atoms with Crippen LogP contribution in [-0.4, -0.2) is 30.6 Å². The molecule has 0 amide bonds. The van der Waals surface area contributed by atoms with E-state index >= 15 is 0 Å². The van der Waals surface area contributed by atoms with Gasteiger partial charge in [0.25, 0.3) is 0 Å². The number of nitrogens with zero attached hydrogens (tertiary/aromatic N) is 1. The number of nitrogens with two attached hydrogens (primary N) is 1. The van der Waals surface area contributed by atoms with Crippen molar-refractivity contribution < 1.29 is 0 Å². The molecule has 0 aromatic carbocycles. The standard InChI is InChI=1S/C7H18N2/c1-4-9(5-2)7(3)6-8/h7H,4-6,8H2,1-3H3. The van der Waals surface area contributed by atoms with Crippen molar-refractivity contribution in [1.82, 2.24) is 4.90 Å². The highest BCUT2D eigenvalue weighted by Gasteiger charge is 2.05. The maximum Gasteiger partial charge on any atom is 0.0189 e. The van der Waals surface area contributed by atoms with Gasteiger partial charge in [-0.2, -0.15) is 0 Å². The molecular formula is C7H18N2. The molecule has 0 bridgehead atoms. The molecule has 2 heteroatoms. The molecule has 56 valence electrons. The van der Waals surface area contributed by atoms with E-state index in [1.807, 2.05) is 0 Å². The first-order chi connectivity index (χ1) is 4.26. The molecular weight excluding hydrogens is 112 g/mol. The molecule has 1 atom stereocenters. The molecule has 0 radical (unpaired) electrons. The summed E-state index contributed by atoms with van der Waals surface area (Å²) in [5, 5.41) is 0. The van der Waals surface area contributed by atoms with Crippen LogP contribution in [0, 0.1) is 0 Å². The third-order valence-corrected chi connectivity index (χ3v) is 1.78. The van der Waals surface area contributed by atoms with Gasteiger partial charge in [0.1, 0.15) is 0 Å². The first-order valence-corrected chi connectivity index (χ1v) is 3.70. The van der Waals surface area contributed by atoms with Crippen LogP contribution in [0.2, 0.25) is 0 Å². The molecule has 0 aromatic heterocycles. The Morgan fingerprint density at radius 2 is 1.78 bits per heavy atom. The lowest BCUT2D eigenvalue weighted by atomic mass is 10.3. The molecule has 0 rings (SSSR count). The van der Waals surface area contributed by atoms with Crippen LogP contribution in [0.1, 0.15) is 20.8 Å². The Balaban J connectivity index is 3.50. The molecule has 1 unspecified atom stereocenters. The molecule has 2 N–H and O–H groups in total. The van der Waals surface area contributed by atoms with Gasteiger partial charge in [-0.1, -0.05) is 13.8 Å². The largest absolute Gasteiger partial charge is 0.329 e. The molecule has 0 fully saturated rings. The number of hydrogen-bond donors (Lipinski definition) is 1. The second kappa shape index (κ2) is 4.77. The molecule has 2 nitrogen and oxygen atoms in total. The van der Waals surface area contributed by atoms with Gasteiger partial charge in [-0.15, -0.1) is 0 Å². The Bertz CT molecular complexity index is 59.9. The van der Waals surface area contributed by atoms with Crippen LogP contribution in [0.25, 0.3) is 0 Å². The quantitative estimate of drug-likeness (QED) is 0.606. The topological polar surface area (TPSA) is 29.3 Å². The Morgan fingerprint density at radius 3 is 1.89 bits per heavy atom. The summed E-state index contributed by atoms with van der Waals surface area (Å²) in [5.41, 5.74) is 5.48. The van der Waals surface area contributed by atoms with Gasteiger partial charge in [-0.05, 0) is 20.0 Å². The normalized spacial score (nSPS) is 14.3. The molecule has 0 saturated carbocycles. The Labute approximate surface area is 58.0 Å². The molecule has 0 spiro atoms. The van der Waals surface area contributed by atoms with Gasteiger partial charge in [0.05, 0.1) is 0 Å². The zero-order chi connectivity index (χ0) is 7.28. The fourth-order valence-corrected chi connectivity index (χ4v) is 0.996. The van der Waals surface area contributed by atoms with Crippen molar-refractivity contribution in [2.75, 3.05) is 19.6 Å². The number of hydrogen-bond acceptors (Lipinski definition) is 2. The number of rotatable bonds is 4. The van der Waals surface area contributed by atoms with Gasteiger partial charge in [0, 0.05) is 12.6 Å². The van der Waals surface area contributed by atoms with E-state index in [0.717, 1.165) is 19.6 Å². The van der Waals surface area contributed by atoms with E-state index < -0.39 is 0 Å². The lowest BCUT2D eigenvalue weighted by Crippen LogP contribution is -2.37. The van der Waals surface area contributed by atoms with Crippen molar-refractivity contribution in [3.63, 3.8) is 0 Å². The van der Waals surface area contributed by atoms with Crippen molar-refractivity contribution in [3.05, 3.63) is 0 Å². The first-order valence-electron chi connectivity index (χ1n) is 3.70. The summed E-state index contributed by atoms with van der Waals surface area (Å²) >= 11 is 0. The van der Waals surface area contributed by atoms with Crippen LogP contribution in [-0.2, 0) is 0 Å². The predicted octanol–water partition coefficient (Wildman–Crippen LogP) is 0.675. The second-order valence-corrected chi connectivity index (χ2v) is 2.31. The fraction of sp³-hybridized carbons (Fsp3) is 1.00. The van der Waals surface area contributed by atoms with Gasteiger partial charge in [0.15, 0.2) is 0 Å². The summed E-state index contributed by atoms with van der Waals surface area (Å²) in [6.07, 6.45) is 0. The Morgan fingerprint density at radius 1 is 1.33 bits per heavy atom. The van der Waals surface area contributed by atoms with Crippen LogP contribution in [0.15, 0.2) is 0 Å². The monoisotopic (exact) mass is 130 g/mol. The minimum atomic E-state index is 0.542. The van der Waals surface area contributed by atoms with E-state index in [-0.39, 0.29) is 0 Å². The summed E-state index contributed by atoms with van der Waals surface area (Å²) in [6, 6.07) is 0.542. The molecule has 0 heterocycles. The molecule has 0 saturated heterocycles. The van der Waals surface area contributed by atoms with Crippen LogP contribution >= 0.6 is 0 Å². The third kappa shape index (κ3) is 2.82. The van der Waals surface area contributed by atoms with Gasteiger partial charge in [0.2, 0.25) is 0 Å². The smallest absolute Gasteiger partial charge is 0.0189 e. The second-order valence-electron chi connectivity index (χ2n) is 2.31. The van der Waals surface area contributed by atoms with Crippen molar-refractivity contribution in [2.45, 2.75) is 26.8 Å². The summed E-state index contributed by atoms with van der Waals surface area (Å²) < 4.78 is 0. The van der Waals surface area contributed by atoms with Crippen molar-refractivity contribution in [3.8, 4) is 0 Å². The minimum Gasteiger partial charge on any atom is -0.329 e. The zero-order valence-corrected chi connectivity index (χ0v) is 6.72. The fourth-order valence-electron chi connectivity index (χ4n) is 0.996. The maximum atomic E-state index is 5.48. The van der Waals surface area contributed by atoms with Crippen molar-refractivity contribution in [1.29, 1.82) is 0 Å². The number of likely N-dealkylation sites (N-methyl/N-ethyl adjacent to an activating group) is 1.